The van der Waals surface area contributed by atoms with Gasteiger partial charge in [0, 0.05) is 18.1 Å². The molecule has 26 heavy (non-hydrogen) atoms. The first-order valence-corrected chi connectivity index (χ1v) is 8.76. The molecule has 0 amide bonds. The van der Waals surface area contributed by atoms with E-state index in [1.54, 1.807) is 12.1 Å². The topological polar surface area (TPSA) is 35.5 Å². The molecule has 0 radical (unpaired) electrons. The van der Waals surface area contributed by atoms with Crippen LogP contribution in [-0.4, -0.2) is 5.78 Å². The van der Waals surface area contributed by atoms with Gasteiger partial charge in [-0.05, 0) is 23.3 Å². The highest BCUT2D eigenvalue weighted by atomic mass is 16.5. The zero-order chi connectivity index (χ0) is 18.2. The molecule has 0 saturated carbocycles. The van der Waals surface area contributed by atoms with Crippen LogP contribution in [0.1, 0.15) is 34.8 Å². The second-order valence-corrected chi connectivity index (χ2v) is 6.02. The number of carbonyl (C=O) groups excluding carboxylic acids is 1. The Hall–Kier alpha value is -3.07. The summed E-state index contributed by atoms with van der Waals surface area (Å²) >= 11 is 0. The van der Waals surface area contributed by atoms with Crippen LogP contribution >= 0.6 is 0 Å². The molecule has 3 rings (SSSR count). The van der Waals surface area contributed by atoms with Crippen LogP contribution < -0.4 is 9.47 Å². The van der Waals surface area contributed by atoms with Crippen LogP contribution in [0.25, 0.3) is 0 Å². The minimum absolute atomic E-state index is 0.0692. The van der Waals surface area contributed by atoms with Crippen molar-refractivity contribution in [3.8, 4) is 11.5 Å². The fourth-order valence-electron chi connectivity index (χ4n) is 2.59. The maximum atomic E-state index is 12.2. The zero-order valence-electron chi connectivity index (χ0n) is 14.9. The molecule has 132 valence electrons. The van der Waals surface area contributed by atoms with Gasteiger partial charge in [0.05, 0.1) is 0 Å². The second-order valence-electron chi connectivity index (χ2n) is 6.02. The Morgan fingerprint density at radius 2 is 1.19 bits per heavy atom. The van der Waals surface area contributed by atoms with Crippen LogP contribution in [0.4, 0.5) is 0 Å². The number of ether oxygens (including phenoxy) is 2. The molecule has 3 heteroatoms. The van der Waals surface area contributed by atoms with Crippen molar-refractivity contribution in [3.05, 3.63) is 95.6 Å². The standard InChI is InChI=1S/C23H22O3/c1-2-23(24)20-13-21(25-16-18-9-5-3-6-10-18)15-22(14-20)26-17-19-11-7-4-8-12-19/h3-15H,2,16-17H2,1H3. The van der Waals surface area contributed by atoms with E-state index < -0.39 is 0 Å². The average molecular weight is 346 g/mol. The van der Waals surface area contributed by atoms with E-state index in [1.165, 1.54) is 0 Å². The lowest BCUT2D eigenvalue weighted by atomic mass is 10.1. The Balaban J connectivity index is 1.75. The fourth-order valence-corrected chi connectivity index (χ4v) is 2.59. The first-order chi connectivity index (χ1) is 12.7. The normalized spacial score (nSPS) is 10.3. The first kappa shape index (κ1) is 17.7. The minimum atomic E-state index is 0.0692. The Kier molecular flexibility index (Phi) is 6.05. The molecule has 3 nitrogen and oxygen atoms in total. The molecular weight excluding hydrogens is 324 g/mol. The smallest absolute Gasteiger partial charge is 0.162 e. The van der Waals surface area contributed by atoms with Gasteiger partial charge >= 0.3 is 0 Å². The molecule has 0 heterocycles. The lowest BCUT2D eigenvalue weighted by Gasteiger charge is -2.12. The molecule has 0 bridgehead atoms. The van der Waals surface area contributed by atoms with Crippen molar-refractivity contribution in [3.63, 3.8) is 0 Å². The summed E-state index contributed by atoms with van der Waals surface area (Å²) in [5.74, 6) is 1.34. The molecular formula is C23H22O3. The molecule has 0 aliphatic carbocycles. The molecule has 0 unspecified atom stereocenters. The molecule has 0 spiro atoms. The zero-order valence-corrected chi connectivity index (χ0v) is 14.9. The SMILES string of the molecule is CCC(=O)c1cc(OCc2ccccc2)cc(OCc2ccccc2)c1. The summed E-state index contributed by atoms with van der Waals surface area (Å²) in [6, 6.07) is 25.3. The molecule has 0 saturated heterocycles. The van der Waals surface area contributed by atoms with Crippen LogP contribution in [0, 0.1) is 0 Å². The Morgan fingerprint density at radius 3 is 1.62 bits per heavy atom. The summed E-state index contributed by atoms with van der Waals surface area (Å²) in [5.41, 5.74) is 2.76. The van der Waals surface area contributed by atoms with Gasteiger partial charge in [0.25, 0.3) is 0 Å². The number of hydrogen-bond acceptors (Lipinski definition) is 3. The third kappa shape index (κ3) is 4.96. The van der Waals surface area contributed by atoms with Gasteiger partial charge in [-0.1, -0.05) is 67.6 Å². The highest BCUT2D eigenvalue weighted by Crippen LogP contribution is 2.25. The number of Topliss-reactive ketones (excluding diaryl/α,β-unsaturated/α-hetero) is 1. The number of carbonyl (C=O) groups is 1. The Labute approximate surface area is 154 Å². The fraction of sp³-hybridized carbons (Fsp3) is 0.174. The molecule has 3 aromatic carbocycles. The number of hydrogen-bond donors (Lipinski definition) is 0. The molecule has 0 atom stereocenters. The maximum Gasteiger partial charge on any atom is 0.162 e. The molecule has 0 aromatic heterocycles. The van der Waals surface area contributed by atoms with Crippen LogP contribution in [0.3, 0.4) is 0 Å². The first-order valence-electron chi connectivity index (χ1n) is 8.76. The Morgan fingerprint density at radius 1 is 0.731 bits per heavy atom. The summed E-state index contributed by atoms with van der Waals surface area (Å²) in [5, 5.41) is 0. The summed E-state index contributed by atoms with van der Waals surface area (Å²) in [6.07, 6.45) is 0.445. The summed E-state index contributed by atoms with van der Waals surface area (Å²) in [6.45, 7) is 2.75. The highest BCUT2D eigenvalue weighted by molar-refractivity contribution is 5.96. The van der Waals surface area contributed by atoms with Crippen LogP contribution in [0.15, 0.2) is 78.9 Å². The Bertz CT molecular complexity index is 780. The summed E-state index contributed by atoms with van der Waals surface area (Å²) in [7, 11) is 0. The van der Waals surface area contributed by atoms with Crippen LogP contribution in [0.2, 0.25) is 0 Å². The van der Waals surface area contributed by atoms with Gasteiger partial charge in [-0.2, -0.15) is 0 Å². The number of ketones is 1. The molecule has 0 aliphatic heterocycles. The van der Waals surface area contributed by atoms with E-state index in [2.05, 4.69) is 0 Å². The van der Waals surface area contributed by atoms with E-state index in [-0.39, 0.29) is 5.78 Å². The van der Waals surface area contributed by atoms with Gasteiger partial charge in [-0.25, -0.2) is 0 Å². The van der Waals surface area contributed by atoms with Crippen molar-refractivity contribution in [2.24, 2.45) is 0 Å². The molecule has 0 aliphatic rings. The third-order valence-electron chi connectivity index (χ3n) is 4.02. The third-order valence-corrected chi connectivity index (χ3v) is 4.02. The highest BCUT2D eigenvalue weighted by Gasteiger charge is 2.09. The molecule has 0 N–H and O–H groups in total. The molecule has 0 fully saturated rings. The van der Waals surface area contributed by atoms with Gasteiger partial charge in [0.2, 0.25) is 0 Å². The van der Waals surface area contributed by atoms with Gasteiger partial charge in [0.1, 0.15) is 24.7 Å². The second kappa shape index (κ2) is 8.86. The summed E-state index contributed by atoms with van der Waals surface area (Å²) < 4.78 is 11.8. The van der Waals surface area contributed by atoms with E-state index >= 15 is 0 Å². The maximum absolute atomic E-state index is 12.2. The van der Waals surface area contributed by atoms with Crippen molar-refractivity contribution in [2.75, 3.05) is 0 Å². The van der Waals surface area contributed by atoms with Crippen LogP contribution in [0.5, 0.6) is 11.5 Å². The van der Waals surface area contributed by atoms with Gasteiger partial charge in [-0.15, -0.1) is 0 Å². The van der Waals surface area contributed by atoms with Crippen molar-refractivity contribution in [1.82, 2.24) is 0 Å². The summed E-state index contributed by atoms with van der Waals surface area (Å²) in [4.78, 5) is 12.2. The molecule has 3 aromatic rings. The van der Waals surface area contributed by atoms with Gasteiger partial charge in [0.15, 0.2) is 5.78 Å². The van der Waals surface area contributed by atoms with E-state index in [9.17, 15) is 4.79 Å². The number of rotatable bonds is 8. The van der Waals surface area contributed by atoms with E-state index in [4.69, 9.17) is 9.47 Å². The predicted molar refractivity (Wildman–Crippen MR) is 103 cm³/mol. The van der Waals surface area contributed by atoms with E-state index in [1.807, 2.05) is 73.7 Å². The van der Waals surface area contributed by atoms with Crippen LogP contribution in [-0.2, 0) is 13.2 Å². The lowest BCUT2D eigenvalue weighted by Crippen LogP contribution is -2.02. The number of benzene rings is 3. The van der Waals surface area contributed by atoms with Crippen molar-refractivity contribution < 1.29 is 14.3 Å². The average Bonchev–Trinajstić information content (AvgIpc) is 2.71. The quantitative estimate of drug-likeness (QED) is 0.510. The largest absolute Gasteiger partial charge is 0.489 e. The van der Waals surface area contributed by atoms with Crippen molar-refractivity contribution in [1.29, 1.82) is 0 Å². The van der Waals surface area contributed by atoms with Crippen molar-refractivity contribution >= 4 is 5.78 Å². The van der Waals surface area contributed by atoms with Gasteiger partial charge in [-0.3, -0.25) is 4.79 Å². The predicted octanol–water partition coefficient (Wildman–Crippen LogP) is 5.44. The van der Waals surface area contributed by atoms with E-state index in [0.717, 1.165) is 11.1 Å². The van der Waals surface area contributed by atoms with Gasteiger partial charge < -0.3 is 9.47 Å². The minimum Gasteiger partial charge on any atom is -0.489 e. The monoisotopic (exact) mass is 346 g/mol. The van der Waals surface area contributed by atoms with Crippen molar-refractivity contribution in [2.45, 2.75) is 26.6 Å². The lowest BCUT2D eigenvalue weighted by molar-refractivity contribution is 0.0987. The van der Waals surface area contributed by atoms with E-state index in [0.29, 0.717) is 36.7 Å².